The van der Waals surface area contributed by atoms with Crippen LogP contribution in [0.4, 0.5) is 0 Å². The summed E-state index contributed by atoms with van der Waals surface area (Å²) < 4.78 is 0. The van der Waals surface area contributed by atoms with Gasteiger partial charge in [0.2, 0.25) is 5.91 Å². The first kappa shape index (κ1) is 11.9. The van der Waals surface area contributed by atoms with E-state index in [9.17, 15) is 9.59 Å². The van der Waals surface area contributed by atoms with Crippen LogP contribution in [0.2, 0.25) is 5.02 Å². The Labute approximate surface area is 105 Å². The zero-order chi connectivity index (χ0) is 12.6. The molecule has 90 valence electrons. The Bertz CT molecular complexity index is 468. The van der Waals surface area contributed by atoms with Gasteiger partial charge in [-0.1, -0.05) is 11.6 Å². The lowest BCUT2D eigenvalue weighted by Crippen LogP contribution is -2.49. The predicted molar refractivity (Wildman–Crippen MR) is 64.7 cm³/mol. The molecule has 17 heavy (non-hydrogen) atoms. The van der Waals surface area contributed by atoms with Crippen molar-refractivity contribution in [3.63, 3.8) is 0 Å². The van der Waals surface area contributed by atoms with Gasteiger partial charge in [0.25, 0.3) is 5.91 Å². The van der Waals surface area contributed by atoms with Gasteiger partial charge in [0, 0.05) is 10.6 Å². The van der Waals surface area contributed by atoms with E-state index in [0.29, 0.717) is 10.6 Å². The summed E-state index contributed by atoms with van der Waals surface area (Å²) >= 11 is 5.76. The molecule has 5 heteroatoms. The van der Waals surface area contributed by atoms with E-state index in [-0.39, 0.29) is 18.4 Å². The van der Waals surface area contributed by atoms with E-state index in [1.165, 1.54) is 4.90 Å². The lowest BCUT2D eigenvalue weighted by molar-refractivity contribution is -0.118. The lowest BCUT2D eigenvalue weighted by atomic mass is 10.1. The number of nitrogens with one attached hydrogen (secondary N) is 1. The highest BCUT2D eigenvalue weighted by atomic mass is 35.5. The van der Waals surface area contributed by atoms with Crippen molar-refractivity contribution in [1.82, 2.24) is 10.2 Å². The number of benzene rings is 1. The minimum absolute atomic E-state index is 0.0917. The number of carbonyl (C=O) groups excluding carboxylic acids is 2. The third-order valence-corrected chi connectivity index (χ3v) is 3.01. The molecular formula is C12H13ClN2O2. The summed E-state index contributed by atoms with van der Waals surface area (Å²) in [6.45, 7) is 3.69. The van der Waals surface area contributed by atoms with Crippen molar-refractivity contribution in [2.24, 2.45) is 0 Å². The monoisotopic (exact) mass is 252 g/mol. The SMILES string of the molecule is CC1(C)NC(=O)CN1C(=O)c1ccc(Cl)cc1. The van der Waals surface area contributed by atoms with Crippen LogP contribution in [0.25, 0.3) is 0 Å². The summed E-state index contributed by atoms with van der Waals surface area (Å²) in [6.07, 6.45) is 0. The van der Waals surface area contributed by atoms with Gasteiger partial charge in [0.15, 0.2) is 0 Å². The molecule has 0 bridgehead atoms. The van der Waals surface area contributed by atoms with Crippen LogP contribution in [0.15, 0.2) is 24.3 Å². The molecule has 4 nitrogen and oxygen atoms in total. The molecule has 2 amide bonds. The lowest BCUT2D eigenvalue weighted by Gasteiger charge is -2.30. The summed E-state index contributed by atoms with van der Waals surface area (Å²) in [4.78, 5) is 25.1. The number of halogens is 1. The zero-order valence-corrected chi connectivity index (χ0v) is 10.4. The number of amides is 2. The fourth-order valence-electron chi connectivity index (χ4n) is 1.86. The third-order valence-electron chi connectivity index (χ3n) is 2.76. The molecule has 1 aliphatic heterocycles. The molecule has 0 spiro atoms. The van der Waals surface area contributed by atoms with Crippen molar-refractivity contribution in [1.29, 1.82) is 0 Å². The fourth-order valence-corrected chi connectivity index (χ4v) is 1.99. The number of nitrogens with zero attached hydrogens (tertiary/aromatic N) is 1. The molecule has 1 fully saturated rings. The third kappa shape index (κ3) is 2.26. The zero-order valence-electron chi connectivity index (χ0n) is 9.66. The maximum Gasteiger partial charge on any atom is 0.256 e. The molecular weight excluding hydrogens is 240 g/mol. The van der Waals surface area contributed by atoms with Crippen LogP contribution in [0.5, 0.6) is 0 Å². The summed E-state index contributed by atoms with van der Waals surface area (Å²) in [5.41, 5.74) is -0.118. The Morgan fingerprint density at radius 3 is 2.41 bits per heavy atom. The second-order valence-electron chi connectivity index (χ2n) is 4.51. The van der Waals surface area contributed by atoms with E-state index in [0.717, 1.165) is 0 Å². The van der Waals surface area contributed by atoms with Gasteiger partial charge in [-0.25, -0.2) is 0 Å². The Kier molecular flexibility index (Phi) is 2.83. The first-order valence-electron chi connectivity index (χ1n) is 5.29. The fraction of sp³-hybridized carbons (Fsp3) is 0.333. The van der Waals surface area contributed by atoms with Crippen LogP contribution in [0, 0.1) is 0 Å². The largest absolute Gasteiger partial charge is 0.332 e. The van der Waals surface area contributed by atoms with Crippen molar-refractivity contribution in [2.45, 2.75) is 19.5 Å². The summed E-state index contributed by atoms with van der Waals surface area (Å²) in [6, 6.07) is 6.63. The Morgan fingerprint density at radius 1 is 1.35 bits per heavy atom. The van der Waals surface area contributed by atoms with Crippen LogP contribution in [0.1, 0.15) is 24.2 Å². The molecule has 2 rings (SSSR count). The quantitative estimate of drug-likeness (QED) is 0.826. The molecule has 1 saturated heterocycles. The minimum Gasteiger partial charge on any atom is -0.332 e. The topological polar surface area (TPSA) is 49.4 Å². The Hall–Kier alpha value is -1.55. The number of carbonyl (C=O) groups is 2. The highest BCUT2D eigenvalue weighted by Gasteiger charge is 2.39. The van der Waals surface area contributed by atoms with E-state index < -0.39 is 5.66 Å². The molecule has 0 radical (unpaired) electrons. The number of hydrogen-bond donors (Lipinski definition) is 1. The van der Waals surface area contributed by atoms with Crippen molar-refractivity contribution >= 4 is 23.4 Å². The first-order valence-corrected chi connectivity index (χ1v) is 5.66. The molecule has 0 unspecified atom stereocenters. The van der Waals surface area contributed by atoms with E-state index in [1.807, 2.05) is 0 Å². The normalized spacial score (nSPS) is 18.1. The molecule has 0 aromatic heterocycles. The maximum absolute atomic E-state index is 12.2. The van der Waals surface area contributed by atoms with Gasteiger partial charge in [0.1, 0.15) is 12.2 Å². The van der Waals surface area contributed by atoms with Gasteiger partial charge in [-0.05, 0) is 38.1 Å². The average molecular weight is 253 g/mol. The van der Waals surface area contributed by atoms with E-state index in [1.54, 1.807) is 38.1 Å². The van der Waals surface area contributed by atoms with Gasteiger partial charge < -0.3 is 10.2 Å². The van der Waals surface area contributed by atoms with Gasteiger partial charge in [0.05, 0.1) is 0 Å². The Balaban J connectivity index is 2.26. The number of rotatable bonds is 1. The van der Waals surface area contributed by atoms with Crippen LogP contribution in [0.3, 0.4) is 0 Å². The van der Waals surface area contributed by atoms with Gasteiger partial charge in [-0.15, -0.1) is 0 Å². The molecule has 0 atom stereocenters. The van der Waals surface area contributed by atoms with Gasteiger partial charge in [-0.3, -0.25) is 9.59 Å². The van der Waals surface area contributed by atoms with E-state index >= 15 is 0 Å². The molecule has 0 saturated carbocycles. The van der Waals surface area contributed by atoms with Crippen molar-refractivity contribution < 1.29 is 9.59 Å². The summed E-state index contributed by atoms with van der Waals surface area (Å²) in [5.74, 6) is -0.317. The Morgan fingerprint density at radius 2 is 1.94 bits per heavy atom. The smallest absolute Gasteiger partial charge is 0.256 e. The van der Waals surface area contributed by atoms with Crippen LogP contribution >= 0.6 is 11.6 Å². The second kappa shape index (κ2) is 4.04. The van der Waals surface area contributed by atoms with Gasteiger partial charge >= 0.3 is 0 Å². The van der Waals surface area contributed by atoms with Crippen molar-refractivity contribution in [2.75, 3.05) is 6.54 Å². The predicted octanol–water partition coefficient (Wildman–Crippen LogP) is 1.65. The molecule has 1 aromatic rings. The maximum atomic E-state index is 12.2. The molecule has 1 aliphatic rings. The molecule has 1 heterocycles. The highest BCUT2D eigenvalue weighted by Crippen LogP contribution is 2.20. The van der Waals surface area contributed by atoms with Crippen molar-refractivity contribution in [3.05, 3.63) is 34.9 Å². The van der Waals surface area contributed by atoms with E-state index in [2.05, 4.69) is 5.32 Å². The highest BCUT2D eigenvalue weighted by molar-refractivity contribution is 6.30. The van der Waals surface area contributed by atoms with E-state index in [4.69, 9.17) is 11.6 Å². The van der Waals surface area contributed by atoms with Crippen LogP contribution in [-0.2, 0) is 4.79 Å². The second-order valence-corrected chi connectivity index (χ2v) is 4.94. The van der Waals surface area contributed by atoms with Gasteiger partial charge in [-0.2, -0.15) is 0 Å². The van der Waals surface area contributed by atoms with Crippen LogP contribution in [-0.4, -0.2) is 28.9 Å². The minimum atomic E-state index is -0.645. The standard InChI is InChI=1S/C12H13ClN2O2/c1-12(2)14-10(16)7-15(12)11(17)8-3-5-9(13)6-4-8/h3-6H,7H2,1-2H3,(H,14,16). The van der Waals surface area contributed by atoms with Crippen molar-refractivity contribution in [3.8, 4) is 0 Å². The molecule has 0 aliphatic carbocycles. The molecule has 1 N–H and O–H groups in total. The van der Waals surface area contributed by atoms with Crippen LogP contribution < -0.4 is 5.32 Å². The summed E-state index contributed by atoms with van der Waals surface area (Å²) in [5, 5.41) is 3.33. The average Bonchev–Trinajstić information content (AvgIpc) is 2.52. The molecule has 1 aromatic carbocycles. The summed E-state index contributed by atoms with van der Waals surface area (Å²) in [7, 11) is 0. The first-order chi connectivity index (χ1) is 7.90. The number of hydrogen-bond acceptors (Lipinski definition) is 2.